The second-order valence-electron chi connectivity index (χ2n) is 3.76. The third-order valence-corrected chi connectivity index (χ3v) is 3.85. The maximum Gasteiger partial charge on any atom is 0.307 e. The van der Waals surface area contributed by atoms with Gasteiger partial charge in [-0.2, -0.15) is 0 Å². The van der Waals surface area contributed by atoms with Crippen LogP contribution < -0.4 is 0 Å². The number of halogens is 1. The summed E-state index contributed by atoms with van der Waals surface area (Å²) in [6.45, 7) is 2.35. The Morgan fingerprint density at radius 2 is 2.47 bits per heavy atom. The van der Waals surface area contributed by atoms with E-state index in [9.17, 15) is 4.79 Å². The first-order valence-electron chi connectivity index (χ1n) is 4.84. The summed E-state index contributed by atoms with van der Waals surface area (Å²) in [5, 5.41) is 8.86. The van der Waals surface area contributed by atoms with Gasteiger partial charge in [0.05, 0.1) is 10.3 Å². The van der Waals surface area contributed by atoms with E-state index in [-0.39, 0.29) is 5.92 Å². The molecule has 0 radical (unpaired) electrons. The number of hydrogen-bond acceptors (Lipinski definition) is 3. The van der Waals surface area contributed by atoms with E-state index in [2.05, 4.69) is 4.90 Å². The van der Waals surface area contributed by atoms with Gasteiger partial charge in [0.2, 0.25) is 0 Å². The van der Waals surface area contributed by atoms with E-state index < -0.39 is 5.97 Å². The minimum atomic E-state index is -0.679. The average Bonchev–Trinajstić information content (AvgIpc) is 2.76. The van der Waals surface area contributed by atoms with Crippen LogP contribution in [0.4, 0.5) is 0 Å². The Morgan fingerprint density at radius 1 is 1.67 bits per heavy atom. The molecule has 0 spiro atoms. The Bertz CT molecular complexity index is 366. The molecule has 5 heteroatoms. The lowest BCUT2D eigenvalue weighted by molar-refractivity contribution is -0.141. The van der Waals surface area contributed by atoms with Gasteiger partial charge in [0.25, 0.3) is 0 Å². The molecule has 1 aliphatic heterocycles. The predicted molar refractivity (Wildman–Crippen MR) is 60.3 cm³/mol. The maximum absolute atomic E-state index is 10.8. The minimum absolute atomic E-state index is 0.194. The molecule has 2 heterocycles. The molecule has 1 saturated heterocycles. The molecule has 0 bridgehead atoms. The zero-order valence-electron chi connectivity index (χ0n) is 8.15. The lowest BCUT2D eigenvalue weighted by Crippen LogP contribution is -2.22. The number of carboxylic acids is 1. The smallest absolute Gasteiger partial charge is 0.307 e. The van der Waals surface area contributed by atoms with Crippen LogP contribution in [0.2, 0.25) is 4.34 Å². The number of nitrogens with zero attached hydrogens (tertiary/aromatic N) is 1. The van der Waals surface area contributed by atoms with Gasteiger partial charge in [0.1, 0.15) is 0 Å². The van der Waals surface area contributed by atoms with E-state index in [0.29, 0.717) is 6.54 Å². The standard InChI is InChI=1S/C10H12ClNO2S/c11-9-2-1-8(15-9)6-12-4-3-7(5-12)10(13)14/h1-2,7H,3-6H2,(H,13,14)/t7-/m0/s1. The zero-order chi connectivity index (χ0) is 10.8. The summed E-state index contributed by atoms with van der Waals surface area (Å²) in [6, 6.07) is 3.88. The van der Waals surface area contributed by atoms with E-state index in [1.54, 1.807) is 11.3 Å². The first kappa shape index (κ1) is 10.9. The SMILES string of the molecule is O=C(O)[C@H]1CCN(Cc2ccc(Cl)s2)C1. The lowest BCUT2D eigenvalue weighted by Gasteiger charge is -2.13. The van der Waals surface area contributed by atoms with E-state index in [0.717, 1.165) is 23.8 Å². The van der Waals surface area contributed by atoms with Crippen molar-refractivity contribution >= 4 is 28.9 Å². The molecule has 1 atom stereocenters. The summed E-state index contributed by atoms with van der Waals surface area (Å²) in [6.07, 6.45) is 0.758. The highest BCUT2D eigenvalue weighted by Crippen LogP contribution is 2.25. The van der Waals surface area contributed by atoms with Crippen LogP contribution in [-0.4, -0.2) is 29.1 Å². The fourth-order valence-corrected chi connectivity index (χ4v) is 2.96. The highest BCUT2D eigenvalue weighted by atomic mass is 35.5. The Morgan fingerprint density at radius 3 is 3.00 bits per heavy atom. The molecule has 1 aromatic heterocycles. The Hall–Kier alpha value is -0.580. The number of hydrogen-bond donors (Lipinski definition) is 1. The molecule has 0 amide bonds. The monoisotopic (exact) mass is 245 g/mol. The molecule has 1 fully saturated rings. The molecule has 1 N–H and O–H groups in total. The van der Waals surface area contributed by atoms with Gasteiger partial charge in [-0.1, -0.05) is 11.6 Å². The van der Waals surface area contributed by atoms with Crippen LogP contribution in [0.25, 0.3) is 0 Å². The number of rotatable bonds is 3. The second-order valence-corrected chi connectivity index (χ2v) is 5.56. The van der Waals surface area contributed by atoms with Crippen LogP contribution >= 0.6 is 22.9 Å². The van der Waals surface area contributed by atoms with Gasteiger partial charge in [-0.25, -0.2) is 0 Å². The molecular weight excluding hydrogens is 234 g/mol. The van der Waals surface area contributed by atoms with Gasteiger partial charge in [0, 0.05) is 18.0 Å². The quantitative estimate of drug-likeness (QED) is 0.889. The number of carboxylic acid groups (broad SMARTS) is 1. The highest BCUT2D eigenvalue weighted by Gasteiger charge is 2.27. The molecule has 1 aliphatic rings. The normalized spacial score (nSPS) is 22.1. The van der Waals surface area contributed by atoms with Crippen LogP contribution in [0, 0.1) is 5.92 Å². The van der Waals surface area contributed by atoms with Crippen molar-refractivity contribution < 1.29 is 9.90 Å². The highest BCUT2D eigenvalue weighted by molar-refractivity contribution is 7.16. The van der Waals surface area contributed by atoms with Gasteiger partial charge in [-0.3, -0.25) is 9.69 Å². The maximum atomic E-state index is 10.8. The summed E-state index contributed by atoms with van der Waals surface area (Å²) in [7, 11) is 0. The first-order chi connectivity index (χ1) is 7.15. The first-order valence-corrected chi connectivity index (χ1v) is 6.04. The third kappa shape index (κ3) is 2.71. The van der Waals surface area contributed by atoms with Crippen molar-refractivity contribution in [3.8, 4) is 0 Å². The number of thiophene rings is 1. The fraction of sp³-hybridized carbons (Fsp3) is 0.500. The molecule has 0 unspecified atom stereocenters. The van der Waals surface area contributed by atoms with Crippen LogP contribution in [-0.2, 0) is 11.3 Å². The topological polar surface area (TPSA) is 40.5 Å². The summed E-state index contributed by atoms with van der Waals surface area (Å²) < 4.78 is 0.791. The van der Waals surface area contributed by atoms with E-state index in [1.807, 2.05) is 12.1 Å². The average molecular weight is 246 g/mol. The molecule has 15 heavy (non-hydrogen) atoms. The van der Waals surface area contributed by atoms with E-state index >= 15 is 0 Å². The fourth-order valence-electron chi connectivity index (χ4n) is 1.83. The number of aliphatic carboxylic acids is 1. The number of carbonyl (C=O) groups is 1. The van der Waals surface area contributed by atoms with Crippen LogP contribution in [0.5, 0.6) is 0 Å². The molecule has 0 aromatic carbocycles. The minimum Gasteiger partial charge on any atom is -0.481 e. The summed E-state index contributed by atoms with van der Waals surface area (Å²) in [5.74, 6) is -0.873. The Balaban J connectivity index is 1.90. The molecule has 1 aromatic rings. The van der Waals surface area contributed by atoms with Crippen LogP contribution in [0.1, 0.15) is 11.3 Å². The van der Waals surface area contributed by atoms with Gasteiger partial charge < -0.3 is 5.11 Å². The molecule has 0 aliphatic carbocycles. The molecule has 2 rings (SSSR count). The molecular formula is C10H12ClNO2S. The largest absolute Gasteiger partial charge is 0.481 e. The third-order valence-electron chi connectivity index (χ3n) is 2.63. The van der Waals surface area contributed by atoms with Crippen LogP contribution in [0.15, 0.2) is 12.1 Å². The van der Waals surface area contributed by atoms with Gasteiger partial charge >= 0.3 is 5.97 Å². The predicted octanol–water partition coefficient (Wildman–Crippen LogP) is 2.31. The van der Waals surface area contributed by atoms with Crippen LogP contribution in [0.3, 0.4) is 0 Å². The van der Waals surface area contributed by atoms with Crippen molar-refractivity contribution in [1.29, 1.82) is 0 Å². The van der Waals surface area contributed by atoms with Gasteiger partial charge in [0.15, 0.2) is 0 Å². The summed E-state index contributed by atoms with van der Waals surface area (Å²) >= 11 is 7.39. The van der Waals surface area contributed by atoms with Gasteiger partial charge in [-0.05, 0) is 25.1 Å². The molecule has 0 saturated carbocycles. The summed E-state index contributed by atoms with van der Waals surface area (Å²) in [5.41, 5.74) is 0. The molecule has 3 nitrogen and oxygen atoms in total. The van der Waals surface area contributed by atoms with Crippen molar-refractivity contribution in [2.75, 3.05) is 13.1 Å². The van der Waals surface area contributed by atoms with E-state index in [1.165, 1.54) is 4.88 Å². The van der Waals surface area contributed by atoms with Crippen molar-refractivity contribution in [2.24, 2.45) is 5.92 Å². The van der Waals surface area contributed by atoms with Crippen molar-refractivity contribution in [3.05, 3.63) is 21.3 Å². The Kier molecular flexibility index (Phi) is 3.29. The van der Waals surface area contributed by atoms with Crippen molar-refractivity contribution in [3.63, 3.8) is 0 Å². The zero-order valence-corrected chi connectivity index (χ0v) is 9.72. The number of likely N-dealkylation sites (tertiary alicyclic amines) is 1. The lowest BCUT2D eigenvalue weighted by atomic mass is 10.1. The van der Waals surface area contributed by atoms with E-state index in [4.69, 9.17) is 16.7 Å². The van der Waals surface area contributed by atoms with Crippen molar-refractivity contribution in [1.82, 2.24) is 4.90 Å². The Labute approximate surface area is 97.3 Å². The van der Waals surface area contributed by atoms with Gasteiger partial charge in [-0.15, -0.1) is 11.3 Å². The summed E-state index contributed by atoms with van der Waals surface area (Å²) in [4.78, 5) is 14.1. The molecule has 82 valence electrons. The van der Waals surface area contributed by atoms with Crippen molar-refractivity contribution in [2.45, 2.75) is 13.0 Å². The second kappa shape index (κ2) is 4.51.